The first-order valence-corrected chi connectivity index (χ1v) is 6.93. The zero-order chi connectivity index (χ0) is 12.6. The maximum atomic E-state index is 11.0. The molecular formula is C5H8N2O7P2. The molecule has 16 heavy (non-hydrogen) atoms. The van der Waals surface area contributed by atoms with Crippen molar-refractivity contribution in [2.24, 2.45) is 0 Å². The highest BCUT2D eigenvalue weighted by molar-refractivity contribution is 7.71. The molecule has 0 radical (unpaired) electrons. The van der Waals surface area contributed by atoms with Gasteiger partial charge in [-0.25, -0.2) is 0 Å². The Hall–Kier alpha value is -0.660. The third-order valence-electron chi connectivity index (χ3n) is 1.72. The van der Waals surface area contributed by atoms with Crippen LogP contribution in [0.3, 0.4) is 0 Å². The van der Waals surface area contributed by atoms with Crippen molar-refractivity contribution in [2.75, 3.05) is 0 Å². The summed E-state index contributed by atoms with van der Waals surface area (Å²) >= 11 is 0. The molecule has 0 saturated heterocycles. The lowest BCUT2D eigenvalue weighted by Crippen LogP contribution is -2.27. The molecule has 9 nitrogen and oxygen atoms in total. The lowest BCUT2D eigenvalue weighted by molar-refractivity contribution is 0.127. The number of nitrogens with zero attached hydrogens (tertiary/aromatic N) is 2. The monoisotopic (exact) mass is 270 g/mol. The SMILES string of the molecule is O=P(O)(O)C(O)(c1cnccn1)P(=O)(O)O. The molecule has 0 amide bonds. The van der Waals surface area contributed by atoms with Crippen molar-refractivity contribution in [3.05, 3.63) is 24.3 Å². The number of hydrogen-bond donors (Lipinski definition) is 5. The van der Waals surface area contributed by atoms with Crippen LogP contribution in [0.4, 0.5) is 0 Å². The van der Waals surface area contributed by atoms with Gasteiger partial charge < -0.3 is 24.7 Å². The van der Waals surface area contributed by atoms with Crippen molar-refractivity contribution < 1.29 is 33.8 Å². The number of aromatic nitrogens is 2. The van der Waals surface area contributed by atoms with E-state index >= 15 is 0 Å². The lowest BCUT2D eigenvalue weighted by Gasteiger charge is -2.27. The van der Waals surface area contributed by atoms with E-state index in [1.54, 1.807) is 0 Å². The second-order valence-electron chi connectivity index (χ2n) is 2.81. The van der Waals surface area contributed by atoms with Crippen molar-refractivity contribution in [1.29, 1.82) is 0 Å². The van der Waals surface area contributed by atoms with Gasteiger partial charge in [-0.3, -0.25) is 19.1 Å². The fourth-order valence-corrected chi connectivity index (χ4v) is 3.13. The molecule has 1 aromatic rings. The molecule has 5 N–H and O–H groups in total. The topological polar surface area (TPSA) is 161 Å². The van der Waals surface area contributed by atoms with Crippen LogP contribution in [0.25, 0.3) is 0 Å². The van der Waals surface area contributed by atoms with E-state index in [1.807, 2.05) is 0 Å². The molecule has 1 heterocycles. The molecule has 0 unspecified atom stereocenters. The zero-order valence-corrected chi connectivity index (χ0v) is 9.36. The minimum Gasteiger partial charge on any atom is -0.363 e. The van der Waals surface area contributed by atoms with Crippen LogP contribution in [0, 0.1) is 0 Å². The molecule has 0 fully saturated rings. The molecule has 0 aliphatic rings. The van der Waals surface area contributed by atoms with Gasteiger partial charge in [-0.05, 0) is 0 Å². The van der Waals surface area contributed by atoms with Crippen molar-refractivity contribution >= 4 is 15.2 Å². The van der Waals surface area contributed by atoms with Gasteiger partial charge in [-0.2, -0.15) is 0 Å². The summed E-state index contributed by atoms with van der Waals surface area (Å²) in [7, 11) is -11.1. The summed E-state index contributed by atoms with van der Waals surface area (Å²) in [6, 6.07) is 0. The van der Waals surface area contributed by atoms with E-state index in [4.69, 9.17) is 19.6 Å². The Kier molecular flexibility index (Phi) is 3.33. The third-order valence-corrected chi connectivity index (χ3v) is 5.37. The van der Waals surface area contributed by atoms with Crippen LogP contribution in [0.1, 0.15) is 5.69 Å². The summed E-state index contributed by atoms with van der Waals surface area (Å²) in [5.41, 5.74) is -0.892. The minimum atomic E-state index is -5.54. The zero-order valence-electron chi connectivity index (χ0n) is 7.57. The maximum absolute atomic E-state index is 11.0. The predicted molar refractivity (Wildman–Crippen MR) is 50.0 cm³/mol. The fraction of sp³-hybridized carbons (Fsp3) is 0.200. The van der Waals surface area contributed by atoms with Gasteiger partial charge in [0.15, 0.2) is 0 Å². The Morgan fingerprint density at radius 1 is 1.06 bits per heavy atom. The van der Waals surface area contributed by atoms with Crippen LogP contribution in [0.5, 0.6) is 0 Å². The number of aliphatic hydroxyl groups is 1. The predicted octanol–water partition coefficient (Wildman–Crippen LogP) is -1.07. The van der Waals surface area contributed by atoms with Crippen molar-refractivity contribution in [1.82, 2.24) is 9.97 Å². The Balaban J connectivity index is 3.52. The smallest absolute Gasteiger partial charge is 0.363 e. The minimum absolute atomic E-state index is 0.665. The van der Waals surface area contributed by atoms with Crippen LogP contribution in [0.2, 0.25) is 0 Å². The highest BCUT2D eigenvalue weighted by Crippen LogP contribution is 2.72. The molecule has 11 heteroatoms. The second-order valence-corrected chi connectivity index (χ2v) is 6.64. The van der Waals surface area contributed by atoms with E-state index in [2.05, 4.69) is 9.97 Å². The lowest BCUT2D eigenvalue weighted by atomic mass is 10.5. The van der Waals surface area contributed by atoms with Gasteiger partial charge in [0.25, 0.3) is 0 Å². The van der Waals surface area contributed by atoms with Gasteiger partial charge in [-0.15, -0.1) is 0 Å². The first kappa shape index (κ1) is 13.4. The molecule has 0 bridgehead atoms. The first-order chi connectivity index (χ1) is 7.11. The highest BCUT2D eigenvalue weighted by atomic mass is 31.2. The molecule has 1 rings (SSSR count). The Morgan fingerprint density at radius 2 is 1.56 bits per heavy atom. The van der Waals surface area contributed by atoms with Gasteiger partial charge in [0.2, 0.25) is 0 Å². The summed E-state index contributed by atoms with van der Waals surface area (Å²) in [5.74, 6) is 0. The average Bonchev–Trinajstić information content (AvgIpc) is 2.14. The summed E-state index contributed by atoms with van der Waals surface area (Å²) in [6.45, 7) is 0. The van der Waals surface area contributed by atoms with Crippen molar-refractivity contribution in [3.63, 3.8) is 0 Å². The number of hydrogen-bond acceptors (Lipinski definition) is 5. The maximum Gasteiger partial charge on any atom is 0.375 e. The van der Waals surface area contributed by atoms with Crippen LogP contribution in [-0.4, -0.2) is 34.6 Å². The summed E-state index contributed by atoms with van der Waals surface area (Å²) in [4.78, 5) is 42.0. The normalized spacial score (nSPS) is 13.8. The van der Waals surface area contributed by atoms with Crippen LogP contribution in [-0.2, 0) is 14.2 Å². The number of rotatable bonds is 3. The molecule has 1 aromatic heterocycles. The largest absolute Gasteiger partial charge is 0.375 e. The van der Waals surface area contributed by atoms with Crippen LogP contribution < -0.4 is 0 Å². The van der Waals surface area contributed by atoms with Crippen LogP contribution in [0.15, 0.2) is 18.6 Å². The Morgan fingerprint density at radius 3 is 1.88 bits per heavy atom. The summed E-state index contributed by atoms with van der Waals surface area (Å²) < 4.78 is 22.0. The molecule has 0 aliphatic carbocycles. The molecule has 90 valence electrons. The third kappa shape index (κ3) is 2.07. The molecular weight excluding hydrogens is 262 g/mol. The Bertz CT molecular complexity index is 443. The van der Waals surface area contributed by atoms with Gasteiger partial charge in [0.1, 0.15) is 5.69 Å². The molecule has 0 saturated carbocycles. The van der Waals surface area contributed by atoms with Crippen molar-refractivity contribution in [3.8, 4) is 0 Å². The second kappa shape index (κ2) is 3.97. The van der Waals surface area contributed by atoms with Gasteiger partial charge in [-0.1, -0.05) is 0 Å². The van der Waals surface area contributed by atoms with E-state index in [0.29, 0.717) is 6.20 Å². The first-order valence-electron chi connectivity index (χ1n) is 3.71. The van der Waals surface area contributed by atoms with Gasteiger partial charge in [0.05, 0.1) is 6.20 Å². The highest BCUT2D eigenvalue weighted by Gasteiger charge is 2.62. The summed E-state index contributed by atoms with van der Waals surface area (Å²) in [6.07, 6.45) is 2.72. The van der Waals surface area contributed by atoms with E-state index in [-0.39, 0.29) is 0 Å². The van der Waals surface area contributed by atoms with E-state index in [9.17, 15) is 14.2 Å². The van der Waals surface area contributed by atoms with E-state index < -0.39 is 26.0 Å². The quantitative estimate of drug-likeness (QED) is 0.430. The van der Waals surface area contributed by atoms with Crippen molar-refractivity contribution in [2.45, 2.75) is 5.08 Å². The van der Waals surface area contributed by atoms with Gasteiger partial charge in [0, 0.05) is 12.4 Å². The molecule has 0 aromatic carbocycles. The molecule has 0 spiro atoms. The molecule has 0 atom stereocenters. The summed E-state index contributed by atoms with van der Waals surface area (Å²) in [5, 5.41) is 5.85. The van der Waals surface area contributed by atoms with Crippen LogP contribution >= 0.6 is 15.2 Å². The Labute approximate surface area is 89.1 Å². The standard InChI is InChI=1S/C5H8N2O7P2/c8-5(15(9,10)11,16(12,13)14)4-3-6-1-2-7-4/h1-3,8H,(H2,9,10,11)(H2,12,13,14). The van der Waals surface area contributed by atoms with E-state index in [1.165, 1.54) is 0 Å². The fourth-order valence-electron chi connectivity index (χ4n) is 0.940. The van der Waals surface area contributed by atoms with Gasteiger partial charge >= 0.3 is 20.3 Å². The van der Waals surface area contributed by atoms with E-state index in [0.717, 1.165) is 12.4 Å². The average molecular weight is 270 g/mol. The molecule has 0 aliphatic heterocycles.